The Balaban J connectivity index is 1.44. The van der Waals surface area contributed by atoms with E-state index in [0.29, 0.717) is 23.9 Å². The minimum atomic E-state index is -0.905. The van der Waals surface area contributed by atoms with Gasteiger partial charge in [-0.25, -0.2) is 4.79 Å². The number of aromatic amines is 1. The smallest absolute Gasteiger partial charge is 0.329 e. The Kier molecular flexibility index (Phi) is 6.90. The van der Waals surface area contributed by atoms with E-state index in [2.05, 4.69) is 17.2 Å². The maximum Gasteiger partial charge on any atom is 0.329 e. The van der Waals surface area contributed by atoms with Gasteiger partial charge in [0.2, 0.25) is 0 Å². The highest BCUT2D eigenvalue weighted by Crippen LogP contribution is 2.20. The number of carbonyl (C=O) groups excluding carboxylic acids is 3. The van der Waals surface area contributed by atoms with Crippen LogP contribution in [0.2, 0.25) is 0 Å². The summed E-state index contributed by atoms with van der Waals surface area (Å²) >= 11 is 1.30. The first kappa shape index (κ1) is 22.1. The molecule has 0 aliphatic carbocycles. The zero-order valence-corrected chi connectivity index (χ0v) is 18.8. The molecule has 0 radical (unpaired) electrons. The first-order valence-electron chi connectivity index (χ1n) is 10.8. The Morgan fingerprint density at radius 2 is 1.97 bits per heavy atom. The van der Waals surface area contributed by atoms with Crippen LogP contribution in [0.5, 0.6) is 0 Å². The zero-order chi connectivity index (χ0) is 22.5. The number of nitrogens with zero attached hydrogens (tertiary/aromatic N) is 1. The van der Waals surface area contributed by atoms with Gasteiger partial charge in [0.1, 0.15) is 6.04 Å². The van der Waals surface area contributed by atoms with Gasteiger partial charge in [-0.15, -0.1) is 11.3 Å². The quantitative estimate of drug-likeness (QED) is 0.537. The van der Waals surface area contributed by atoms with Crippen molar-refractivity contribution in [3.8, 4) is 0 Å². The highest BCUT2D eigenvalue weighted by molar-refractivity contribution is 7.12. The molecule has 1 saturated heterocycles. The summed E-state index contributed by atoms with van der Waals surface area (Å²) in [6.45, 7) is 3.23. The summed E-state index contributed by atoms with van der Waals surface area (Å²) in [7, 11) is 0. The van der Waals surface area contributed by atoms with E-state index in [1.807, 2.05) is 30.5 Å². The van der Waals surface area contributed by atoms with Gasteiger partial charge >= 0.3 is 5.97 Å². The second-order valence-corrected chi connectivity index (χ2v) is 9.19. The van der Waals surface area contributed by atoms with Crippen molar-refractivity contribution in [3.05, 3.63) is 58.4 Å². The molecule has 0 unspecified atom stereocenters. The van der Waals surface area contributed by atoms with Crippen LogP contribution in [-0.4, -0.2) is 53.4 Å². The lowest BCUT2D eigenvalue weighted by Crippen LogP contribution is -2.45. The summed E-state index contributed by atoms with van der Waals surface area (Å²) in [5, 5.41) is 5.58. The van der Waals surface area contributed by atoms with E-state index in [9.17, 15) is 14.4 Å². The van der Waals surface area contributed by atoms with Crippen LogP contribution in [-0.2, 0) is 20.7 Å². The second-order valence-electron chi connectivity index (χ2n) is 8.24. The Morgan fingerprint density at radius 3 is 2.72 bits per heavy atom. The monoisotopic (exact) mass is 453 g/mol. The van der Waals surface area contributed by atoms with E-state index in [-0.39, 0.29) is 24.8 Å². The molecule has 168 valence electrons. The first-order chi connectivity index (χ1) is 15.5. The zero-order valence-electron chi connectivity index (χ0n) is 18.0. The minimum absolute atomic E-state index is 0.194. The molecule has 3 heterocycles. The maximum atomic E-state index is 12.9. The highest BCUT2D eigenvalue weighted by atomic mass is 32.1. The van der Waals surface area contributed by atoms with Gasteiger partial charge in [-0.1, -0.05) is 31.2 Å². The predicted molar refractivity (Wildman–Crippen MR) is 124 cm³/mol. The van der Waals surface area contributed by atoms with Crippen molar-refractivity contribution in [2.75, 3.05) is 19.7 Å². The predicted octanol–water partition coefficient (Wildman–Crippen LogP) is 3.37. The fraction of sp³-hybridized carbons (Fsp3) is 0.375. The molecule has 0 bridgehead atoms. The normalized spacial score (nSPS) is 15.5. The maximum absolute atomic E-state index is 12.9. The fourth-order valence-corrected chi connectivity index (χ4v) is 4.56. The molecule has 1 atom stereocenters. The number of para-hydroxylation sites is 1. The van der Waals surface area contributed by atoms with Crippen LogP contribution >= 0.6 is 11.3 Å². The van der Waals surface area contributed by atoms with Crippen LogP contribution in [0.4, 0.5) is 0 Å². The lowest BCUT2D eigenvalue weighted by molar-refractivity contribution is -0.154. The molecule has 0 spiro atoms. The van der Waals surface area contributed by atoms with Crippen molar-refractivity contribution in [1.82, 2.24) is 15.2 Å². The molecule has 3 aromatic rings. The lowest BCUT2D eigenvalue weighted by atomic mass is 9.99. The standard InChI is InChI=1S/C24H27N3O4S/c1-16-8-10-27(11-9-16)22(28)15-31-24(30)20(26-23(29)21-7-4-12-32-21)13-17-14-25-19-6-3-2-5-18(17)19/h2-7,12,14,16,20,25H,8-11,13,15H2,1H3,(H,26,29)/t20-/m1/s1. The Hall–Kier alpha value is -3.13. The summed E-state index contributed by atoms with van der Waals surface area (Å²) in [4.78, 5) is 43.5. The number of aromatic nitrogens is 1. The summed E-state index contributed by atoms with van der Waals surface area (Å²) < 4.78 is 5.37. The molecular formula is C24H27N3O4S. The number of esters is 1. The Labute approximate surface area is 190 Å². The van der Waals surface area contributed by atoms with Crippen molar-refractivity contribution >= 4 is 40.0 Å². The van der Waals surface area contributed by atoms with Crippen molar-refractivity contribution in [1.29, 1.82) is 0 Å². The first-order valence-corrected chi connectivity index (χ1v) is 11.7. The number of carbonyl (C=O) groups is 3. The number of benzene rings is 1. The second kappa shape index (κ2) is 9.99. The molecule has 32 heavy (non-hydrogen) atoms. The molecule has 8 heteroatoms. The molecule has 2 amide bonds. The minimum Gasteiger partial charge on any atom is -0.454 e. The third-order valence-corrected chi connectivity index (χ3v) is 6.78. The molecule has 7 nitrogen and oxygen atoms in total. The van der Waals surface area contributed by atoms with Gasteiger partial charge in [0.25, 0.3) is 11.8 Å². The van der Waals surface area contributed by atoms with E-state index < -0.39 is 12.0 Å². The number of hydrogen-bond acceptors (Lipinski definition) is 5. The topological polar surface area (TPSA) is 91.5 Å². The SMILES string of the molecule is CC1CCN(C(=O)COC(=O)[C@@H](Cc2c[nH]c3ccccc23)NC(=O)c2cccs2)CC1. The highest BCUT2D eigenvalue weighted by Gasteiger charge is 2.27. The number of thiophene rings is 1. The molecule has 2 N–H and O–H groups in total. The van der Waals surface area contributed by atoms with Gasteiger partial charge in [0, 0.05) is 36.6 Å². The van der Waals surface area contributed by atoms with Crippen molar-refractivity contribution in [3.63, 3.8) is 0 Å². The number of fused-ring (bicyclic) bond motifs is 1. The number of likely N-dealkylation sites (tertiary alicyclic amines) is 1. The van der Waals surface area contributed by atoms with E-state index in [1.165, 1.54) is 11.3 Å². The van der Waals surface area contributed by atoms with Crippen LogP contribution in [0.25, 0.3) is 10.9 Å². The van der Waals surface area contributed by atoms with Gasteiger partial charge < -0.3 is 19.9 Å². The van der Waals surface area contributed by atoms with Crippen molar-refractivity contribution < 1.29 is 19.1 Å². The molecule has 1 aromatic carbocycles. The number of ether oxygens (including phenoxy) is 1. The number of amides is 2. The molecule has 1 aliphatic heterocycles. The number of piperidine rings is 1. The van der Waals surface area contributed by atoms with Crippen LogP contribution < -0.4 is 5.32 Å². The average Bonchev–Trinajstić information content (AvgIpc) is 3.48. The summed E-state index contributed by atoms with van der Waals surface area (Å²) in [5.41, 5.74) is 1.85. The third-order valence-electron chi connectivity index (χ3n) is 5.91. The van der Waals surface area contributed by atoms with Crippen LogP contribution in [0.15, 0.2) is 48.0 Å². The number of H-pyrrole nitrogens is 1. The van der Waals surface area contributed by atoms with Gasteiger partial charge in [-0.2, -0.15) is 0 Å². The molecule has 2 aromatic heterocycles. The van der Waals surface area contributed by atoms with Gasteiger partial charge in [-0.05, 0) is 41.8 Å². The van der Waals surface area contributed by atoms with Gasteiger partial charge in [0.05, 0.1) is 4.88 Å². The number of hydrogen-bond donors (Lipinski definition) is 2. The van der Waals surface area contributed by atoms with E-state index in [4.69, 9.17) is 4.74 Å². The number of nitrogens with one attached hydrogen (secondary N) is 2. The molecule has 0 saturated carbocycles. The average molecular weight is 454 g/mol. The van der Waals surface area contributed by atoms with Crippen molar-refractivity contribution in [2.24, 2.45) is 5.92 Å². The molecule has 1 aliphatic rings. The molecular weight excluding hydrogens is 426 g/mol. The van der Waals surface area contributed by atoms with Crippen LogP contribution in [0.3, 0.4) is 0 Å². The van der Waals surface area contributed by atoms with Crippen molar-refractivity contribution in [2.45, 2.75) is 32.2 Å². The summed E-state index contributed by atoms with van der Waals surface area (Å²) in [6, 6.07) is 10.4. The van der Waals surface area contributed by atoms with Gasteiger partial charge in [0.15, 0.2) is 6.61 Å². The fourth-order valence-electron chi connectivity index (χ4n) is 3.93. The van der Waals surface area contributed by atoms with E-state index >= 15 is 0 Å². The molecule has 1 fully saturated rings. The largest absolute Gasteiger partial charge is 0.454 e. The lowest BCUT2D eigenvalue weighted by Gasteiger charge is -2.30. The summed E-state index contributed by atoms with van der Waals surface area (Å²) in [5.74, 6) is -0.535. The Morgan fingerprint density at radius 1 is 1.19 bits per heavy atom. The van der Waals surface area contributed by atoms with Crippen LogP contribution in [0, 0.1) is 5.92 Å². The molecule has 4 rings (SSSR count). The third kappa shape index (κ3) is 5.19. The van der Waals surface area contributed by atoms with E-state index in [1.54, 1.807) is 22.4 Å². The summed E-state index contributed by atoms with van der Waals surface area (Å²) in [6.07, 6.45) is 4.01. The number of rotatable bonds is 7. The van der Waals surface area contributed by atoms with Crippen LogP contribution in [0.1, 0.15) is 35.0 Å². The van der Waals surface area contributed by atoms with E-state index in [0.717, 1.165) is 29.3 Å². The Bertz CT molecular complexity index is 1080. The van der Waals surface area contributed by atoms with Gasteiger partial charge in [-0.3, -0.25) is 9.59 Å².